The van der Waals surface area contributed by atoms with Gasteiger partial charge in [0, 0.05) is 38.0 Å². The lowest BCUT2D eigenvalue weighted by Crippen LogP contribution is -2.61. The predicted octanol–water partition coefficient (Wildman–Crippen LogP) is 4.36. The fourth-order valence-electron chi connectivity index (χ4n) is 6.51. The van der Waals surface area contributed by atoms with E-state index in [0.29, 0.717) is 18.4 Å². The predicted molar refractivity (Wildman–Crippen MR) is 122 cm³/mol. The average Bonchev–Trinajstić information content (AvgIpc) is 2.75. The monoisotopic (exact) mass is 440 g/mol. The van der Waals surface area contributed by atoms with Gasteiger partial charge in [-0.1, -0.05) is 36.4 Å². The number of amides is 1. The molecule has 0 spiro atoms. The lowest BCUT2D eigenvalue weighted by molar-refractivity contribution is -0.119. The Hall–Kier alpha value is -2.05. The summed E-state index contributed by atoms with van der Waals surface area (Å²) in [5.41, 5.74) is 3.29. The molecule has 5 aliphatic rings. The van der Waals surface area contributed by atoms with Crippen molar-refractivity contribution in [1.29, 1.82) is 0 Å². The second kappa shape index (κ2) is 8.14. The third-order valence-corrected chi connectivity index (χ3v) is 7.64. The van der Waals surface area contributed by atoms with Crippen LogP contribution in [0.1, 0.15) is 35.6 Å². The minimum absolute atomic E-state index is 0. The zero-order chi connectivity index (χ0) is 20.2. The number of benzene rings is 2. The lowest BCUT2D eigenvalue weighted by Gasteiger charge is -2.55. The van der Waals surface area contributed by atoms with Crippen molar-refractivity contribution in [1.82, 2.24) is 9.80 Å². The van der Waals surface area contributed by atoms with Gasteiger partial charge in [-0.3, -0.25) is 4.90 Å². The van der Waals surface area contributed by atoms with Crippen molar-refractivity contribution in [2.45, 2.75) is 31.4 Å². The molecule has 3 saturated heterocycles. The number of halogens is 1. The van der Waals surface area contributed by atoms with Gasteiger partial charge in [0.25, 0.3) is 0 Å². The van der Waals surface area contributed by atoms with E-state index in [1.165, 1.54) is 37.1 Å². The Morgan fingerprint density at radius 1 is 0.968 bits per heavy atom. The van der Waals surface area contributed by atoms with Gasteiger partial charge in [0.2, 0.25) is 0 Å². The molecule has 31 heavy (non-hydrogen) atoms. The quantitative estimate of drug-likeness (QED) is 0.696. The van der Waals surface area contributed by atoms with E-state index in [0.717, 1.165) is 36.6 Å². The maximum absolute atomic E-state index is 13.6. The van der Waals surface area contributed by atoms with Crippen LogP contribution in [-0.2, 0) is 11.2 Å². The third kappa shape index (κ3) is 3.64. The van der Waals surface area contributed by atoms with Crippen molar-refractivity contribution in [3.63, 3.8) is 0 Å². The molecular formula is C25H29FN2O2S. The summed E-state index contributed by atoms with van der Waals surface area (Å²) >= 11 is 0. The van der Waals surface area contributed by atoms with Crippen molar-refractivity contribution in [2.24, 2.45) is 17.8 Å². The number of carbonyl (C=O) groups is 1. The highest BCUT2D eigenvalue weighted by atomic mass is 32.1. The van der Waals surface area contributed by atoms with Crippen molar-refractivity contribution >= 4 is 19.6 Å². The van der Waals surface area contributed by atoms with E-state index in [4.69, 9.17) is 4.74 Å². The summed E-state index contributed by atoms with van der Waals surface area (Å²) in [6.45, 7) is 3.97. The van der Waals surface area contributed by atoms with Gasteiger partial charge in [0.1, 0.15) is 11.9 Å². The molecule has 4 heterocycles. The number of hydrogen-bond donors (Lipinski definition) is 0. The summed E-state index contributed by atoms with van der Waals surface area (Å²) in [4.78, 5) is 17.9. The fraction of sp³-hybridized carbons (Fsp3) is 0.480. The SMILES string of the molecule is O=C(OC1[C@@H]2CC3C[C@@H]1CN(C3)C2)N1CCc2ccccc2[C@@H]1c1ccc(F)cc1.S. The Balaban J connectivity index is 0.00000204. The van der Waals surface area contributed by atoms with E-state index in [1.807, 2.05) is 17.0 Å². The van der Waals surface area contributed by atoms with Crippen LogP contribution in [0.15, 0.2) is 48.5 Å². The van der Waals surface area contributed by atoms with Gasteiger partial charge < -0.3 is 9.64 Å². The number of rotatable bonds is 2. The average molecular weight is 441 g/mol. The molecule has 4 fully saturated rings. The molecule has 4 nitrogen and oxygen atoms in total. The van der Waals surface area contributed by atoms with Gasteiger partial charge in [0.05, 0.1) is 6.04 Å². The molecule has 164 valence electrons. The zero-order valence-corrected chi connectivity index (χ0v) is 18.5. The molecule has 1 saturated carbocycles. The van der Waals surface area contributed by atoms with Crippen molar-refractivity contribution in [3.05, 3.63) is 71.0 Å². The summed E-state index contributed by atoms with van der Waals surface area (Å²) in [6, 6.07) is 14.6. The third-order valence-electron chi connectivity index (χ3n) is 7.64. The molecule has 7 rings (SSSR count). The van der Waals surface area contributed by atoms with Crippen molar-refractivity contribution in [3.8, 4) is 0 Å². The second-order valence-electron chi connectivity index (χ2n) is 9.52. The molecule has 0 N–H and O–H groups in total. The molecule has 1 amide bonds. The van der Waals surface area contributed by atoms with E-state index < -0.39 is 0 Å². The van der Waals surface area contributed by atoms with Crippen LogP contribution >= 0.6 is 13.5 Å². The standard InChI is InChI=1S/C25H27FN2O2.H2S/c26-21-7-5-18(6-8-21)23-22-4-2-1-3-17(22)9-10-28(23)25(29)30-24-19-11-16-12-20(24)15-27(13-16)14-19;/h1-8,16,19-20,23-24H,9-15H2;1H2/t16?,19-,20-,23+,24?;/m1./s1. The highest BCUT2D eigenvalue weighted by Gasteiger charge is 2.50. The molecule has 0 unspecified atom stereocenters. The Bertz CT molecular complexity index is 938. The minimum Gasteiger partial charge on any atom is -0.445 e. The number of fused-ring (bicyclic) bond motifs is 1. The Morgan fingerprint density at radius 2 is 1.68 bits per heavy atom. The molecule has 2 aromatic rings. The van der Waals surface area contributed by atoms with Crippen LogP contribution in [0.5, 0.6) is 0 Å². The molecule has 3 atom stereocenters. The van der Waals surface area contributed by atoms with Crippen LogP contribution in [0, 0.1) is 23.6 Å². The molecular weight excluding hydrogens is 411 g/mol. The minimum atomic E-state index is -0.263. The maximum Gasteiger partial charge on any atom is 0.410 e. The van der Waals surface area contributed by atoms with Gasteiger partial charge in [0.15, 0.2) is 0 Å². The summed E-state index contributed by atoms with van der Waals surface area (Å²) < 4.78 is 19.8. The molecule has 4 bridgehead atoms. The first-order chi connectivity index (χ1) is 14.7. The van der Waals surface area contributed by atoms with Gasteiger partial charge in [-0.25, -0.2) is 9.18 Å². The normalized spacial score (nSPS) is 32.9. The first-order valence-corrected chi connectivity index (χ1v) is 11.2. The molecule has 2 aromatic carbocycles. The van der Waals surface area contributed by atoms with Gasteiger partial charge >= 0.3 is 6.09 Å². The summed E-state index contributed by atoms with van der Waals surface area (Å²) in [5, 5.41) is 0. The summed E-state index contributed by atoms with van der Waals surface area (Å²) in [6.07, 6.45) is 3.02. The van der Waals surface area contributed by atoms with Crippen molar-refractivity contribution in [2.75, 3.05) is 26.2 Å². The highest BCUT2D eigenvalue weighted by Crippen LogP contribution is 2.45. The lowest BCUT2D eigenvalue weighted by atomic mass is 9.66. The topological polar surface area (TPSA) is 32.8 Å². The van der Waals surface area contributed by atoms with Crippen LogP contribution in [0.25, 0.3) is 0 Å². The van der Waals surface area contributed by atoms with Gasteiger partial charge in [-0.2, -0.15) is 13.5 Å². The van der Waals surface area contributed by atoms with Crippen LogP contribution in [0.4, 0.5) is 9.18 Å². The number of piperidine rings is 3. The Morgan fingerprint density at radius 3 is 2.39 bits per heavy atom. The first kappa shape index (κ1) is 20.8. The number of carbonyl (C=O) groups excluding carboxylic acids is 1. The van der Waals surface area contributed by atoms with E-state index >= 15 is 0 Å². The Kier molecular flexibility index (Phi) is 5.47. The summed E-state index contributed by atoms with van der Waals surface area (Å²) in [7, 11) is 0. The Labute approximate surface area is 189 Å². The highest BCUT2D eigenvalue weighted by molar-refractivity contribution is 7.59. The van der Waals surface area contributed by atoms with E-state index in [1.54, 1.807) is 12.1 Å². The summed E-state index contributed by atoms with van der Waals surface area (Å²) in [5.74, 6) is 1.47. The fourth-order valence-corrected chi connectivity index (χ4v) is 6.51. The van der Waals surface area contributed by atoms with E-state index in [9.17, 15) is 9.18 Å². The van der Waals surface area contributed by atoms with Crippen LogP contribution in [0.2, 0.25) is 0 Å². The zero-order valence-electron chi connectivity index (χ0n) is 17.5. The number of nitrogens with zero attached hydrogens (tertiary/aromatic N) is 2. The molecule has 0 aromatic heterocycles. The largest absolute Gasteiger partial charge is 0.445 e. The first-order valence-electron chi connectivity index (χ1n) is 11.2. The van der Waals surface area contributed by atoms with Crippen LogP contribution in [-0.4, -0.2) is 48.2 Å². The van der Waals surface area contributed by atoms with Crippen molar-refractivity contribution < 1.29 is 13.9 Å². The van der Waals surface area contributed by atoms with E-state index in [-0.39, 0.29) is 37.6 Å². The van der Waals surface area contributed by atoms with Crippen LogP contribution in [0.3, 0.4) is 0 Å². The number of hydrogen-bond acceptors (Lipinski definition) is 3. The number of ether oxygens (including phenoxy) is 1. The molecule has 4 aliphatic heterocycles. The van der Waals surface area contributed by atoms with E-state index in [2.05, 4.69) is 17.0 Å². The second-order valence-corrected chi connectivity index (χ2v) is 9.52. The molecule has 0 radical (unpaired) electrons. The van der Waals surface area contributed by atoms with Gasteiger partial charge in [-0.05, 0) is 54.0 Å². The molecule has 1 aliphatic carbocycles. The van der Waals surface area contributed by atoms with Crippen LogP contribution < -0.4 is 0 Å². The van der Waals surface area contributed by atoms with Gasteiger partial charge in [-0.15, -0.1) is 0 Å². The molecule has 6 heteroatoms. The maximum atomic E-state index is 13.6. The smallest absolute Gasteiger partial charge is 0.410 e.